The number of hydrogen-bond donors (Lipinski definition) is 0. The molecule has 2 aliphatic rings. The smallest absolute Gasteiger partial charge is 0.312 e. The summed E-state index contributed by atoms with van der Waals surface area (Å²) in [6.45, 7) is 5.31. The number of nitrogens with zero attached hydrogens (tertiary/aromatic N) is 5. The first-order valence-corrected chi connectivity index (χ1v) is 10.4. The monoisotopic (exact) mass is 397 g/mol. The maximum atomic E-state index is 12.9. The van der Waals surface area contributed by atoms with E-state index in [-0.39, 0.29) is 12.5 Å². The third-order valence-corrected chi connectivity index (χ3v) is 5.84. The highest BCUT2D eigenvalue weighted by Crippen LogP contribution is 2.17. The third kappa shape index (κ3) is 3.83. The van der Waals surface area contributed by atoms with Crippen molar-refractivity contribution >= 4 is 28.8 Å². The van der Waals surface area contributed by atoms with Crippen molar-refractivity contribution in [2.75, 3.05) is 39.3 Å². The fourth-order valence-corrected chi connectivity index (χ4v) is 4.16. The van der Waals surface area contributed by atoms with Gasteiger partial charge in [-0.3, -0.25) is 14.4 Å². The molecule has 2 aliphatic heterocycles. The first-order valence-electron chi connectivity index (χ1n) is 10.4. The Morgan fingerprint density at radius 3 is 2.10 bits per heavy atom. The van der Waals surface area contributed by atoms with Gasteiger partial charge in [0.05, 0.1) is 11.0 Å². The quantitative estimate of drug-likeness (QED) is 0.721. The number of aryl methyl sites for hydroxylation is 1. The van der Waals surface area contributed by atoms with E-state index in [4.69, 9.17) is 0 Å². The zero-order chi connectivity index (χ0) is 20.4. The molecule has 0 atom stereocenters. The second-order valence-electron chi connectivity index (χ2n) is 7.63. The number of rotatable bonds is 3. The molecule has 0 saturated carbocycles. The Bertz CT molecular complexity index is 924. The minimum absolute atomic E-state index is 0.0146. The van der Waals surface area contributed by atoms with Crippen LogP contribution in [0.3, 0.4) is 0 Å². The third-order valence-electron chi connectivity index (χ3n) is 5.84. The summed E-state index contributed by atoms with van der Waals surface area (Å²) in [6.07, 6.45) is 2.68. The Kier molecular flexibility index (Phi) is 5.51. The van der Waals surface area contributed by atoms with Crippen LogP contribution in [0, 0.1) is 0 Å². The van der Waals surface area contributed by atoms with E-state index >= 15 is 0 Å². The molecule has 8 nitrogen and oxygen atoms in total. The molecule has 3 heterocycles. The molecular formula is C21H27N5O3. The predicted octanol–water partition coefficient (Wildman–Crippen LogP) is 0.892. The van der Waals surface area contributed by atoms with E-state index in [0.29, 0.717) is 39.3 Å². The molecule has 0 N–H and O–H groups in total. The van der Waals surface area contributed by atoms with Crippen molar-refractivity contribution < 1.29 is 14.4 Å². The normalized spacial score (nSPS) is 17.2. The molecule has 3 amide bonds. The summed E-state index contributed by atoms with van der Waals surface area (Å²) in [6, 6.07) is 7.83. The van der Waals surface area contributed by atoms with E-state index in [9.17, 15) is 14.4 Å². The van der Waals surface area contributed by atoms with Gasteiger partial charge in [0, 0.05) is 45.7 Å². The van der Waals surface area contributed by atoms with Gasteiger partial charge in [-0.25, -0.2) is 4.98 Å². The Morgan fingerprint density at radius 2 is 1.45 bits per heavy atom. The van der Waals surface area contributed by atoms with Crippen LogP contribution in [0.15, 0.2) is 24.3 Å². The summed E-state index contributed by atoms with van der Waals surface area (Å²) in [5.74, 6) is 0.0676. The van der Waals surface area contributed by atoms with Crippen molar-refractivity contribution in [1.29, 1.82) is 0 Å². The van der Waals surface area contributed by atoms with Crippen molar-refractivity contribution in [2.24, 2.45) is 0 Å². The highest BCUT2D eigenvalue weighted by Gasteiger charge is 2.31. The number of imidazole rings is 1. The Balaban J connectivity index is 1.37. The van der Waals surface area contributed by atoms with Gasteiger partial charge in [0.2, 0.25) is 5.91 Å². The maximum Gasteiger partial charge on any atom is 0.312 e. The number of aromatic nitrogens is 2. The zero-order valence-electron chi connectivity index (χ0n) is 16.8. The fraction of sp³-hybridized carbons (Fsp3) is 0.524. The van der Waals surface area contributed by atoms with Crippen LogP contribution in [-0.4, -0.2) is 81.2 Å². The summed E-state index contributed by atoms with van der Waals surface area (Å²) >= 11 is 0. The van der Waals surface area contributed by atoms with Crippen molar-refractivity contribution in [3.05, 3.63) is 30.1 Å². The van der Waals surface area contributed by atoms with Crippen LogP contribution >= 0.6 is 0 Å². The first-order chi connectivity index (χ1) is 14.1. The van der Waals surface area contributed by atoms with Gasteiger partial charge in [-0.1, -0.05) is 19.1 Å². The second-order valence-corrected chi connectivity index (χ2v) is 7.63. The molecule has 2 saturated heterocycles. The van der Waals surface area contributed by atoms with Gasteiger partial charge in [-0.2, -0.15) is 0 Å². The molecule has 1 aromatic carbocycles. The SMILES string of the molecule is CCc1nc2ccccc2n1CC(=O)N1CCN(C(=O)C(=O)N2CCCC2)CC1. The van der Waals surface area contributed by atoms with E-state index in [1.807, 2.05) is 35.8 Å². The lowest BCUT2D eigenvalue weighted by atomic mass is 10.2. The highest BCUT2D eigenvalue weighted by atomic mass is 16.2. The van der Waals surface area contributed by atoms with Crippen molar-refractivity contribution in [2.45, 2.75) is 32.7 Å². The van der Waals surface area contributed by atoms with E-state index in [0.717, 1.165) is 36.1 Å². The topological polar surface area (TPSA) is 78.8 Å². The average molecular weight is 397 g/mol. The first kappa shape index (κ1) is 19.4. The number of fused-ring (bicyclic) bond motifs is 1. The summed E-state index contributed by atoms with van der Waals surface area (Å²) < 4.78 is 1.98. The summed E-state index contributed by atoms with van der Waals surface area (Å²) in [4.78, 5) is 47.3. The Labute approximate surface area is 170 Å². The fourth-order valence-electron chi connectivity index (χ4n) is 4.16. The van der Waals surface area contributed by atoms with Crippen LogP contribution in [0.5, 0.6) is 0 Å². The van der Waals surface area contributed by atoms with Crippen LogP contribution in [0.4, 0.5) is 0 Å². The molecular weight excluding hydrogens is 370 g/mol. The van der Waals surface area contributed by atoms with E-state index in [2.05, 4.69) is 4.98 Å². The lowest BCUT2D eigenvalue weighted by Crippen LogP contribution is -2.54. The van der Waals surface area contributed by atoms with Gasteiger partial charge in [-0.05, 0) is 25.0 Å². The van der Waals surface area contributed by atoms with Crippen LogP contribution in [-0.2, 0) is 27.3 Å². The van der Waals surface area contributed by atoms with Crippen molar-refractivity contribution in [1.82, 2.24) is 24.3 Å². The van der Waals surface area contributed by atoms with Gasteiger partial charge in [0.1, 0.15) is 12.4 Å². The van der Waals surface area contributed by atoms with Gasteiger partial charge in [-0.15, -0.1) is 0 Å². The van der Waals surface area contributed by atoms with Crippen molar-refractivity contribution in [3.63, 3.8) is 0 Å². The van der Waals surface area contributed by atoms with Crippen LogP contribution in [0.25, 0.3) is 11.0 Å². The molecule has 8 heteroatoms. The zero-order valence-corrected chi connectivity index (χ0v) is 16.8. The van der Waals surface area contributed by atoms with Gasteiger partial charge in [0.25, 0.3) is 0 Å². The van der Waals surface area contributed by atoms with Crippen LogP contribution < -0.4 is 0 Å². The number of para-hydroxylation sites is 2. The minimum Gasteiger partial charge on any atom is -0.338 e. The molecule has 0 spiro atoms. The van der Waals surface area contributed by atoms with Gasteiger partial charge in [0.15, 0.2) is 0 Å². The molecule has 29 heavy (non-hydrogen) atoms. The number of piperazine rings is 1. The van der Waals surface area contributed by atoms with E-state index in [1.165, 1.54) is 0 Å². The number of likely N-dealkylation sites (tertiary alicyclic amines) is 1. The van der Waals surface area contributed by atoms with Crippen LogP contribution in [0.1, 0.15) is 25.6 Å². The highest BCUT2D eigenvalue weighted by molar-refractivity contribution is 6.35. The van der Waals surface area contributed by atoms with Crippen molar-refractivity contribution in [3.8, 4) is 0 Å². The van der Waals surface area contributed by atoms with Gasteiger partial charge >= 0.3 is 11.8 Å². The predicted molar refractivity (Wildman–Crippen MR) is 108 cm³/mol. The van der Waals surface area contributed by atoms with E-state index in [1.54, 1.807) is 14.7 Å². The Morgan fingerprint density at radius 1 is 0.862 bits per heavy atom. The molecule has 0 bridgehead atoms. The summed E-state index contributed by atoms with van der Waals surface area (Å²) in [5, 5.41) is 0. The van der Waals surface area contributed by atoms with Crippen LogP contribution in [0.2, 0.25) is 0 Å². The molecule has 0 radical (unpaired) electrons. The molecule has 1 aromatic heterocycles. The van der Waals surface area contributed by atoms with Gasteiger partial charge < -0.3 is 19.3 Å². The number of carbonyl (C=O) groups excluding carboxylic acids is 3. The molecule has 0 aliphatic carbocycles. The molecule has 4 rings (SSSR count). The molecule has 154 valence electrons. The van der Waals surface area contributed by atoms with E-state index < -0.39 is 11.8 Å². The Hall–Kier alpha value is -2.90. The number of benzene rings is 1. The number of carbonyl (C=O) groups is 3. The average Bonchev–Trinajstić information content (AvgIpc) is 3.41. The summed E-state index contributed by atoms with van der Waals surface area (Å²) in [7, 11) is 0. The standard InChI is InChI=1S/C21H27N5O3/c1-2-18-22-16-7-3-4-8-17(16)26(18)15-19(27)23-11-13-25(14-12-23)21(29)20(28)24-9-5-6-10-24/h3-4,7-8H,2,5-6,9-15H2,1H3. The largest absolute Gasteiger partial charge is 0.338 e. The molecule has 2 fully saturated rings. The second kappa shape index (κ2) is 8.23. The minimum atomic E-state index is -0.437. The number of hydrogen-bond acceptors (Lipinski definition) is 4. The number of amides is 3. The molecule has 0 unspecified atom stereocenters. The maximum absolute atomic E-state index is 12.9. The lowest BCUT2D eigenvalue weighted by Gasteiger charge is -2.35. The summed E-state index contributed by atoms with van der Waals surface area (Å²) in [5.41, 5.74) is 1.86. The lowest BCUT2D eigenvalue weighted by molar-refractivity contribution is -0.153. The molecule has 2 aromatic rings.